The van der Waals surface area contributed by atoms with Crippen molar-refractivity contribution in [3.63, 3.8) is 0 Å². The molecule has 0 radical (unpaired) electrons. The quantitative estimate of drug-likeness (QED) is 0.687. The fourth-order valence-electron chi connectivity index (χ4n) is 1.27. The molecule has 0 saturated carbocycles. The van der Waals surface area contributed by atoms with E-state index in [9.17, 15) is 9.59 Å². The molecule has 17 heavy (non-hydrogen) atoms. The fourth-order valence-corrected chi connectivity index (χ4v) is 1.27. The third kappa shape index (κ3) is 3.88. The predicted molar refractivity (Wildman–Crippen MR) is 65.3 cm³/mol. The van der Waals surface area contributed by atoms with Crippen LogP contribution < -0.4 is 16.4 Å². The molecule has 1 rings (SSSR count). The van der Waals surface area contributed by atoms with Crippen LogP contribution in [0.2, 0.25) is 0 Å². The van der Waals surface area contributed by atoms with Gasteiger partial charge in [-0.15, -0.1) is 0 Å². The van der Waals surface area contributed by atoms with Gasteiger partial charge >= 0.3 is 0 Å². The number of carbonyl (C=O) groups excluding carboxylic acids is 2. The fraction of sp³-hybridized carbons (Fsp3) is 0.333. The zero-order chi connectivity index (χ0) is 12.8. The van der Waals surface area contributed by atoms with Gasteiger partial charge in [-0.2, -0.15) is 0 Å². The topological polar surface area (TPSA) is 84.2 Å². The van der Waals surface area contributed by atoms with Gasteiger partial charge in [0.05, 0.1) is 6.04 Å². The average molecular weight is 235 g/mol. The van der Waals surface area contributed by atoms with Crippen molar-refractivity contribution in [1.82, 2.24) is 10.6 Å². The molecule has 0 bridgehead atoms. The zero-order valence-corrected chi connectivity index (χ0v) is 9.99. The van der Waals surface area contributed by atoms with Crippen LogP contribution in [0.15, 0.2) is 24.3 Å². The number of nitrogens with two attached hydrogens (primary N) is 1. The first kappa shape index (κ1) is 13.2. The van der Waals surface area contributed by atoms with Crippen molar-refractivity contribution in [2.45, 2.75) is 19.5 Å². The molecule has 0 aliphatic rings. The van der Waals surface area contributed by atoms with Crippen LogP contribution in [0, 0.1) is 0 Å². The molecule has 0 saturated heterocycles. The average Bonchev–Trinajstić information content (AvgIpc) is 2.35. The lowest BCUT2D eigenvalue weighted by Crippen LogP contribution is -2.37. The largest absolute Gasteiger partial charge is 0.355 e. The van der Waals surface area contributed by atoms with E-state index in [2.05, 4.69) is 10.6 Å². The van der Waals surface area contributed by atoms with Gasteiger partial charge < -0.3 is 16.4 Å². The Bertz CT molecular complexity index is 399. The van der Waals surface area contributed by atoms with Gasteiger partial charge in [-0.3, -0.25) is 9.59 Å². The van der Waals surface area contributed by atoms with E-state index in [1.165, 1.54) is 0 Å². The minimum atomic E-state index is -0.514. The maximum atomic E-state index is 11.3. The first-order chi connectivity index (χ1) is 8.04. The highest BCUT2D eigenvalue weighted by molar-refractivity contribution is 5.93. The molecule has 2 amide bonds. The van der Waals surface area contributed by atoms with Crippen LogP contribution in [0.5, 0.6) is 0 Å². The summed E-state index contributed by atoms with van der Waals surface area (Å²) in [6.07, 6.45) is 0. The molecular weight excluding hydrogens is 218 g/mol. The van der Waals surface area contributed by atoms with Crippen LogP contribution >= 0.6 is 0 Å². The van der Waals surface area contributed by atoms with E-state index < -0.39 is 6.04 Å². The second kappa shape index (κ2) is 6.00. The number of amides is 2. The number of hydrogen-bond acceptors (Lipinski definition) is 3. The van der Waals surface area contributed by atoms with Gasteiger partial charge in [-0.05, 0) is 24.6 Å². The van der Waals surface area contributed by atoms with Gasteiger partial charge in [0.1, 0.15) is 0 Å². The molecule has 5 heteroatoms. The Morgan fingerprint density at radius 2 is 1.88 bits per heavy atom. The molecule has 1 aromatic rings. The van der Waals surface area contributed by atoms with Crippen LogP contribution in [0.3, 0.4) is 0 Å². The minimum absolute atomic E-state index is 0.129. The van der Waals surface area contributed by atoms with Crippen LogP contribution in [0.1, 0.15) is 22.8 Å². The highest BCUT2D eigenvalue weighted by Gasteiger charge is 2.06. The summed E-state index contributed by atoms with van der Waals surface area (Å²) in [6, 6.07) is 6.51. The second-order valence-electron chi connectivity index (χ2n) is 3.78. The SMILES string of the molecule is CNC(=O)c1ccc(CNC(=O)[C@H](C)N)cc1. The molecule has 1 atom stereocenters. The lowest BCUT2D eigenvalue weighted by atomic mass is 10.1. The summed E-state index contributed by atoms with van der Waals surface area (Å²) < 4.78 is 0. The molecule has 0 spiro atoms. The zero-order valence-electron chi connectivity index (χ0n) is 9.99. The Kier molecular flexibility index (Phi) is 4.66. The van der Waals surface area contributed by atoms with Crippen LogP contribution in [-0.4, -0.2) is 24.9 Å². The van der Waals surface area contributed by atoms with Gasteiger partial charge in [-0.1, -0.05) is 12.1 Å². The van der Waals surface area contributed by atoms with Gasteiger partial charge in [0.15, 0.2) is 0 Å². The van der Waals surface area contributed by atoms with Gasteiger partial charge in [-0.25, -0.2) is 0 Å². The van der Waals surface area contributed by atoms with Gasteiger partial charge in [0.25, 0.3) is 5.91 Å². The summed E-state index contributed by atoms with van der Waals surface area (Å²) in [4.78, 5) is 22.5. The number of carbonyl (C=O) groups is 2. The summed E-state index contributed by atoms with van der Waals surface area (Å²) in [5, 5.41) is 5.24. The molecule has 0 unspecified atom stereocenters. The lowest BCUT2D eigenvalue weighted by molar-refractivity contribution is -0.122. The summed E-state index contributed by atoms with van der Waals surface area (Å²) in [5.74, 6) is -0.323. The summed E-state index contributed by atoms with van der Waals surface area (Å²) in [6.45, 7) is 2.04. The Morgan fingerprint density at radius 1 is 1.29 bits per heavy atom. The van der Waals surface area contributed by atoms with E-state index >= 15 is 0 Å². The standard InChI is InChI=1S/C12H17N3O2/c1-8(13)11(16)15-7-9-3-5-10(6-4-9)12(17)14-2/h3-6,8H,7,13H2,1-2H3,(H,14,17)(H,15,16)/t8-/m0/s1. The van der Waals surface area contributed by atoms with Crippen molar-refractivity contribution in [1.29, 1.82) is 0 Å². The number of benzene rings is 1. The Labute approximate surface area is 100 Å². The van der Waals surface area contributed by atoms with E-state index in [0.29, 0.717) is 12.1 Å². The Hall–Kier alpha value is -1.88. The first-order valence-electron chi connectivity index (χ1n) is 5.39. The minimum Gasteiger partial charge on any atom is -0.355 e. The summed E-state index contributed by atoms with van der Waals surface area (Å²) in [5.41, 5.74) is 6.93. The molecule has 92 valence electrons. The van der Waals surface area contributed by atoms with Crippen LogP contribution in [0.25, 0.3) is 0 Å². The highest BCUT2D eigenvalue weighted by atomic mass is 16.2. The molecule has 1 aromatic carbocycles. The van der Waals surface area contributed by atoms with Crippen LogP contribution in [-0.2, 0) is 11.3 Å². The van der Waals surface area contributed by atoms with E-state index in [1.807, 2.05) is 0 Å². The van der Waals surface area contributed by atoms with Crippen molar-refractivity contribution >= 4 is 11.8 Å². The molecule has 0 aromatic heterocycles. The maximum Gasteiger partial charge on any atom is 0.251 e. The highest BCUT2D eigenvalue weighted by Crippen LogP contribution is 2.04. The van der Waals surface area contributed by atoms with Gasteiger partial charge in [0, 0.05) is 19.2 Å². The molecule has 4 N–H and O–H groups in total. The number of hydrogen-bond donors (Lipinski definition) is 3. The summed E-state index contributed by atoms with van der Waals surface area (Å²) >= 11 is 0. The Morgan fingerprint density at radius 3 is 2.35 bits per heavy atom. The Balaban J connectivity index is 2.57. The number of rotatable bonds is 4. The second-order valence-corrected chi connectivity index (χ2v) is 3.78. The van der Waals surface area contributed by atoms with Gasteiger partial charge in [0.2, 0.25) is 5.91 Å². The van der Waals surface area contributed by atoms with E-state index in [1.54, 1.807) is 38.2 Å². The van der Waals surface area contributed by atoms with Crippen molar-refractivity contribution in [2.24, 2.45) is 5.73 Å². The monoisotopic (exact) mass is 235 g/mol. The maximum absolute atomic E-state index is 11.3. The molecule has 0 heterocycles. The van der Waals surface area contributed by atoms with Crippen molar-refractivity contribution in [2.75, 3.05) is 7.05 Å². The predicted octanol–water partition coefficient (Wildman–Crippen LogP) is 0.00960. The lowest BCUT2D eigenvalue weighted by Gasteiger charge is -2.08. The van der Waals surface area contributed by atoms with E-state index in [4.69, 9.17) is 5.73 Å². The van der Waals surface area contributed by atoms with Crippen LogP contribution in [0.4, 0.5) is 0 Å². The molecular formula is C12H17N3O2. The van der Waals surface area contributed by atoms with Crippen molar-refractivity contribution < 1.29 is 9.59 Å². The van der Waals surface area contributed by atoms with E-state index in [0.717, 1.165) is 5.56 Å². The smallest absolute Gasteiger partial charge is 0.251 e. The van der Waals surface area contributed by atoms with E-state index in [-0.39, 0.29) is 11.8 Å². The third-order valence-electron chi connectivity index (χ3n) is 2.32. The molecule has 0 aliphatic carbocycles. The first-order valence-corrected chi connectivity index (χ1v) is 5.39. The molecule has 0 aliphatic heterocycles. The third-order valence-corrected chi connectivity index (χ3v) is 2.32. The number of nitrogens with one attached hydrogen (secondary N) is 2. The summed E-state index contributed by atoms with van der Waals surface area (Å²) in [7, 11) is 1.58. The normalized spacial score (nSPS) is 11.7. The van der Waals surface area contributed by atoms with Crippen molar-refractivity contribution in [3.05, 3.63) is 35.4 Å². The van der Waals surface area contributed by atoms with Crippen molar-refractivity contribution in [3.8, 4) is 0 Å². The molecule has 5 nitrogen and oxygen atoms in total. The molecule has 0 fully saturated rings.